The second-order valence-corrected chi connectivity index (χ2v) is 3.00. The van der Waals surface area contributed by atoms with E-state index in [0.717, 1.165) is 0 Å². The SMILES string of the molecule is C#CC(I)OC(=O)CCC(=O)O. The van der Waals surface area contributed by atoms with Gasteiger partial charge in [0, 0.05) is 0 Å². The molecule has 0 aromatic carbocycles. The largest absolute Gasteiger partial charge is 0.481 e. The van der Waals surface area contributed by atoms with Gasteiger partial charge in [0.1, 0.15) is 0 Å². The van der Waals surface area contributed by atoms with E-state index in [0.29, 0.717) is 0 Å². The van der Waals surface area contributed by atoms with Crippen molar-refractivity contribution in [2.75, 3.05) is 0 Å². The van der Waals surface area contributed by atoms with Crippen LogP contribution in [0.5, 0.6) is 0 Å². The molecule has 0 aliphatic heterocycles. The number of hydrogen-bond donors (Lipinski definition) is 1. The van der Waals surface area contributed by atoms with Crippen LogP contribution in [0, 0.1) is 12.3 Å². The fraction of sp³-hybridized carbons (Fsp3) is 0.429. The van der Waals surface area contributed by atoms with Gasteiger partial charge in [0.2, 0.25) is 4.11 Å². The van der Waals surface area contributed by atoms with E-state index in [2.05, 4.69) is 10.7 Å². The maximum absolute atomic E-state index is 10.7. The van der Waals surface area contributed by atoms with Gasteiger partial charge in [0.25, 0.3) is 0 Å². The summed E-state index contributed by atoms with van der Waals surface area (Å²) >= 11 is 1.75. The molecule has 1 N–H and O–H groups in total. The van der Waals surface area contributed by atoms with Crippen molar-refractivity contribution in [1.29, 1.82) is 0 Å². The van der Waals surface area contributed by atoms with Gasteiger partial charge in [-0.3, -0.25) is 9.59 Å². The van der Waals surface area contributed by atoms with Crippen molar-refractivity contribution in [3.63, 3.8) is 0 Å². The van der Waals surface area contributed by atoms with Crippen molar-refractivity contribution >= 4 is 34.5 Å². The molecule has 1 unspecified atom stereocenters. The van der Waals surface area contributed by atoms with Crippen LogP contribution in [-0.4, -0.2) is 21.2 Å². The highest BCUT2D eigenvalue weighted by molar-refractivity contribution is 14.1. The Morgan fingerprint density at radius 1 is 1.58 bits per heavy atom. The number of carbonyl (C=O) groups excluding carboxylic acids is 1. The number of esters is 1. The molecule has 0 rings (SSSR count). The Bertz CT molecular complexity index is 218. The van der Waals surface area contributed by atoms with Gasteiger partial charge in [-0.15, -0.1) is 6.42 Å². The molecule has 0 aromatic rings. The molecule has 4 nitrogen and oxygen atoms in total. The third kappa shape index (κ3) is 5.97. The van der Waals surface area contributed by atoms with E-state index >= 15 is 0 Å². The van der Waals surface area contributed by atoms with E-state index in [1.165, 1.54) is 0 Å². The van der Waals surface area contributed by atoms with Gasteiger partial charge < -0.3 is 9.84 Å². The number of alkyl halides is 1. The second kappa shape index (κ2) is 5.83. The quantitative estimate of drug-likeness (QED) is 0.358. The summed E-state index contributed by atoms with van der Waals surface area (Å²) in [5.41, 5.74) is 0. The van der Waals surface area contributed by atoms with E-state index in [1.807, 2.05) is 0 Å². The summed E-state index contributed by atoms with van der Waals surface area (Å²) < 4.78 is 3.98. The zero-order chi connectivity index (χ0) is 9.56. The van der Waals surface area contributed by atoms with Crippen molar-refractivity contribution < 1.29 is 19.4 Å². The number of aliphatic carboxylic acids is 1. The summed E-state index contributed by atoms with van der Waals surface area (Å²) in [5.74, 6) is 0.562. The molecule has 12 heavy (non-hydrogen) atoms. The molecule has 5 heteroatoms. The first-order valence-corrected chi connectivity index (χ1v) is 4.32. The lowest BCUT2D eigenvalue weighted by atomic mass is 10.3. The molecule has 0 saturated carbocycles. The molecule has 0 spiro atoms. The average molecular weight is 282 g/mol. The minimum atomic E-state index is -1.03. The van der Waals surface area contributed by atoms with E-state index < -0.39 is 16.0 Å². The monoisotopic (exact) mass is 282 g/mol. The highest BCUT2D eigenvalue weighted by Crippen LogP contribution is 2.03. The van der Waals surface area contributed by atoms with E-state index in [4.69, 9.17) is 11.5 Å². The molecular formula is C7H7IO4. The van der Waals surface area contributed by atoms with Crippen LogP contribution in [-0.2, 0) is 14.3 Å². The second-order valence-electron chi connectivity index (χ2n) is 1.87. The van der Waals surface area contributed by atoms with Gasteiger partial charge in [-0.25, -0.2) is 0 Å². The summed E-state index contributed by atoms with van der Waals surface area (Å²) in [6.07, 6.45) is 4.55. The highest BCUT2D eigenvalue weighted by atomic mass is 127. The lowest BCUT2D eigenvalue weighted by Crippen LogP contribution is -2.11. The van der Waals surface area contributed by atoms with Crippen molar-refractivity contribution in [2.45, 2.75) is 17.0 Å². The number of hydrogen-bond acceptors (Lipinski definition) is 3. The standard InChI is InChI=1S/C7H7IO4/c1-2-5(8)12-7(11)4-3-6(9)10/h1,5H,3-4H2,(H,9,10). The minimum absolute atomic E-state index is 0.142. The number of carbonyl (C=O) groups is 2. The van der Waals surface area contributed by atoms with Crippen LogP contribution >= 0.6 is 22.6 Å². The molecule has 66 valence electrons. The highest BCUT2D eigenvalue weighted by Gasteiger charge is 2.09. The van der Waals surface area contributed by atoms with Gasteiger partial charge >= 0.3 is 11.9 Å². The lowest BCUT2D eigenvalue weighted by Gasteiger charge is -2.03. The summed E-state index contributed by atoms with van der Waals surface area (Å²) in [4.78, 5) is 20.7. The van der Waals surface area contributed by atoms with Gasteiger partial charge in [-0.05, 0) is 22.6 Å². The fourth-order valence-corrected chi connectivity index (χ4v) is 0.701. The number of carboxylic acid groups (broad SMARTS) is 1. The van der Waals surface area contributed by atoms with Gasteiger partial charge in [-0.1, -0.05) is 5.92 Å². The first kappa shape index (κ1) is 11.2. The summed E-state index contributed by atoms with van der Waals surface area (Å²) in [6, 6.07) is 0. The molecule has 0 amide bonds. The third-order valence-corrected chi connectivity index (χ3v) is 1.52. The van der Waals surface area contributed by atoms with Gasteiger partial charge in [-0.2, -0.15) is 0 Å². The van der Waals surface area contributed by atoms with Crippen LogP contribution in [0.25, 0.3) is 0 Å². The van der Waals surface area contributed by atoms with Crippen molar-refractivity contribution in [1.82, 2.24) is 0 Å². The molecule has 0 radical (unpaired) electrons. The normalized spacial score (nSPS) is 11.3. The predicted molar refractivity (Wildman–Crippen MR) is 49.6 cm³/mol. The zero-order valence-electron chi connectivity index (χ0n) is 6.12. The molecule has 0 saturated heterocycles. The molecule has 0 bridgehead atoms. The number of terminal acetylenes is 1. The molecule has 0 aliphatic carbocycles. The van der Waals surface area contributed by atoms with Crippen LogP contribution in [0.2, 0.25) is 0 Å². The number of ether oxygens (including phenoxy) is 1. The Morgan fingerprint density at radius 3 is 2.58 bits per heavy atom. The van der Waals surface area contributed by atoms with Crippen molar-refractivity contribution in [3.05, 3.63) is 0 Å². The van der Waals surface area contributed by atoms with Gasteiger partial charge in [0.15, 0.2) is 0 Å². The Balaban J connectivity index is 3.62. The van der Waals surface area contributed by atoms with Crippen LogP contribution in [0.3, 0.4) is 0 Å². The Kier molecular flexibility index (Phi) is 5.45. The molecular weight excluding hydrogens is 275 g/mol. The van der Waals surface area contributed by atoms with E-state index in [1.54, 1.807) is 22.6 Å². The summed E-state index contributed by atoms with van der Waals surface area (Å²) in [6.45, 7) is 0. The Hall–Kier alpha value is -0.770. The topological polar surface area (TPSA) is 63.6 Å². The van der Waals surface area contributed by atoms with Crippen molar-refractivity contribution in [2.24, 2.45) is 0 Å². The van der Waals surface area contributed by atoms with E-state index in [-0.39, 0.29) is 12.8 Å². The summed E-state index contributed by atoms with van der Waals surface area (Å²) in [7, 11) is 0. The van der Waals surface area contributed by atoms with Gasteiger partial charge in [0.05, 0.1) is 12.8 Å². The number of halogens is 1. The minimum Gasteiger partial charge on any atom is -0.481 e. The number of carboxylic acids is 1. The molecule has 0 fully saturated rings. The van der Waals surface area contributed by atoms with Crippen molar-refractivity contribution in [3.8, 4) is 12.3 Å². The smallest absolute Gasteiger partial charge is 0.308 e. The Labute approximate surface area is 83.4 Å². The molecule has 1 atom stereocenters. The molecule has 0 aliphatic rings. The lowest BCUT2D eigenvalue weighted by molar-refractivity contribution is -0.147. The predicted octanol–water partition coefficient (Wildman–Crippen LogP) is 0.789. The molecule has 0 heterocycles. The Morgan fingerprint density at radius 2 is 2.17 bits per heavy atom. The van der Waals surface area contributed by atoms with Crippen LogP contribution < -0.4 is 0 Å². The maximum Gasteiger partial charge on any atom is 0.308 e. The van der Waals surface area contributed by atoms with Crippen LogP contribution in [0.1, 0.15) is 12.8 Å². The van der Waals surface area contributed by atoms with Crippen LogP contribution in [0.4, 0.5) is 0 Å². The average Bonchev–Trinajstić information content (AvgIpc) is 2.00. The molecule has 0 aromatic heterocycles. The van der Waals surface area contributed by atoms with Crippen LogP contribution in [0.15, 0.2) is 0 Å². The third-order valence-electron chi connectivity index (χ3n) is 0.909. The first-order chi connectivity index (χ1) is 5.56. The summed E-state index contributed by atoms with van der Waals surface area (Å²) in [5, 5.41) is 8.20. The fourth-order valence-electron chi connectivity index (χ4n) is 0.417. The number of rotatable bonds is 4. The first-order valence-electron chi connectivity index (χ1n) is 3.07. The maximum atomic E-state index is 10.7. The zero-order valence-corrected chi connectivity index (χ0v) is 8.28. The van der Waals surface area contributed by atoms with E-state index in [9.17, 15) is 9.59 Å².